The number of hydrogen-bond acceptors (Lipinski definition) is 6. The van der Waals surface area contributed by atoms with Crippen molar-refractivity contribution in [2.24, 2.45) is 0 Å². The lowest BCUT2D eigenvalue weighted by molar-refractivity contribution is 0.112. The first-order valence-corrected chi connectivity index (χ1v) is 7.59. The van der Waals surface area contributed by atoms with Crippen LogP contribution < -0.4 is 11.1 Å². The largest absolute Gasteiger partial charge is 0.382 e. The van der Waals surface area contributed by atoms with Gasteiger partial charge in [-0.05, 0) is 23.6 Å². The van der Waals surface area contributed by atoms with Gasteiger partial charge < -0.3 is 11.1 Å². The van der Waals surface area contributed by atoms with Crippen LogP contribution in [0, 0.1) is 0 Å². The molecule has 0 amide bonds. The Bertz CT molecular complexity index is 734. The Morgan fingerprint density at radius 2 is 1.95 bits per heavy atom. The van der Waals surface area contributed by atoms with Crippen LogP contribution in [0.15, 0.2) is 41.8 Å². The molecular formula is C14H11N3OS2. The Hall–Kier alpha value is -2.18. The Balaban J connectivity index is 1.94. The number of aromatic nitrogens is 1. The minimum Gasteiger partial charge on any atom is -0.382 e. The van der Waals surface area contributed by atoms with Gasteiger partial charge in [0.25, 0.3) is 0 Å². The van der Waals surface area contributed by atoms with Gasteiger partial charge >= 0.3 is 0 Å². The van der Waals surface area contributed by atoms with Crippen molar-refractivity contribution in [2.45, 2.75) is 0 Å². The molecule has 0 aliphatic rings. The molecule has 4 nitrogen and oxygen atoms in total. The average Bonchev–Trinajstić information content (AvgIpc) is 3.06. The molecule has 3 aromatic rings. The van der Waals surface area contributed by atoms with Gasteiger partial charge in [-0.1, -0.05) is 29.5 Å². The van der Waals surface area contributed by atoms with Crippen molar-refractivity contribution in [3.63, 3.8) is 0 Å². The number of nitrogens with two attached hydrogens (primary N) is 1. The highest BCUT2D eigenvalue weighted by Gasteiger charge is 2.15. The number of aldehydes is 1. The average molecular weight is 301 g/mol. The Kier molecular flexibility index (Phi) is 3.49. The summed E-state index contributed by atoms with van der Waals surface area (Å²) in [4.78, 5) is 17.0. The molecule has 0 atom stereocenters. The predicted molar refractivity (Wildman–Crippen MR) is 85.0 cm³/mol. The fourth-order valence-electron chi connectivity index (χ4n) is 1.79. The van der Waals surface area contributed by atoms with Gasteiger partial charge in [-0.3, -0.25) is 4.79 Å². The van der Waals surface area contributed by atoms with Crippen LogP contribution in [0.4, 0.5) is 16.6 Å². The summed E-state index contributed by atoms with van der Waals surface area (Å²) < 4.78 is 0. The van der Waals surface area contributed by atoms with E-state index in [-0.39, 0.29) is 0 Å². The van der Waals surface area contributed by atoms with Crippen LogP contribution >= 0.6 is 22.7 Å². The van der Waals surface area contributed by atoms with Gasteiger partial charge in [0.2, 0.25) is 0 Å². The van der Waals surface area contributed by atoms with E-state index in [9.17, 15) is 4.79 Å². The minimum absolute atomic E-state index is 0.444. The van der Waals surface area contributed by atoms with Crippen molar-refractivity contribution in [1.82, 2.24) is 4.98 Å². The van der Waals surface area contributed by atoms with E-state index in [0.29, 0.717) is 16.5 Å². The second-order valence-electron chi connectivity index (χ2n) is 4.05. The minimum atomic E-state index is 0.444. The van der Waals surface area contributed by atoms with Crippen LogP contribution in [0.25, 0.3) is 9.75 Å². The van der Waals surface area contributed by atoms with Gasteiger partial charge in [-0.15, -0.1) is 11.3 Å². The number of para-hydroxylation sites is 1. The summed E-state index contributed by atoms with van der Waals surface area (Å²) >= 11 is 2.94. The Morgan fingerprint density at radius 3 is 2.70 bits per heavy atom. The molecule has 100 valence electrons. The zero-order valence-corrected chi connectivity index (χ0v) is 12.0. The third-order valence-electron chi connectivity index (χ3n) is 2.71. The van der Waals surface area contributed by atoms with Crippen molar-refractivity contribution in [1.29, 1.82) is 0 Å². The molecule has 0 aliphatic heterocycles. The molecule has 0 spiro atoms. The number of hydrogen-bond donors (Lipinski definition) is 2. The van der Waals surface area contributed by atoms with Crippen molar-refractivity contribution in [3.8, 4) is 9.75 Å². The van der Waals surface area contributed by atoms with Crippen molar-refractivity contribution < 1.29 is 4.79 Å². The first-order chi connectivity index (χ1) is 9.78. The van der Waals surface area contributed by atoms with E-state index in [4.69, 9.17) is 5.73 Å². The lowest BCUT2D eigenvalue weighted by atomic mass is 10.2. The van der Waals surface area contributed by atoms with E-state index < -0.39 is 0 Å². The van der Waals surface area contributed by atoms with Crippen LogP contribution in [0.2, 0.25) is 0 Å². The number of rotatable bonds is 4. The number of nitrogens with one attached hydrogen (secondary N) is 1. The summed E-state index contributed by atoms with van der Waals surface area (Å²) in [6.07, 6.45) is 0.843. The molecule has 6 heteroatoms. The maximum absolute atomic E-state index is 11.0. The normalized spacial score (nSPS) is 10.4. The van der Waals surface area contributed by atoms with Gasteiger partial charge in [-0.25, -0.2) is 4.98 Å². The van der Waals surface area contributed by atoms with Crippen molar-refractivity contribution in [3.05, 3.63) is 47.3 Å². The van der Waals surface area contributed by atoms with E-state index in [2.05, 4.69) is 10.3 Å². The number of benzene rings is 1. The number of thiophene rings is 1. The highest BCUT2D eigenvalue weighted by atomic mass is 32.1. The van der Waals surface area contributed by atoms with Crippen LogP contribution in [-0.2, 0) is 0 Å². The molecule has 0 radical (unpaired) electrons. The predicted octanol–water partition coefficient (Wildman–Crippen LogP) is 4.01. The maximum atomic E-state index is 11.0. The lowest BCUT2D eigenvalue weighted by Crippen LogP contribution is -1.90. The second kappa shape index (κ2) is 5.44. The summed E-state index contributed by atoms with van der Waals surface area (Å²) in [5.74, 6) is 0.444. The van der Waals surface area contributed by atoms with Crippen LogP contribution in [0.3, 0.4) is 0 Å². The highest BCUT2D eigenvalue weighted by Crippen LogP contribution is 2.40. The fraction of sp³-hybridized carbons (Fsp3) is 0. The molecule has 0 saturated heterocycles. The molecular weight excluding hydrogens is 290 g/mol. The molecule has 2 aromatic heterocycles. The molecule has 3 rings (SSSR count). The van der Waals surface area contributed by atoms with Gasteiger partial charge in [0.05, 0.1) is 9.75 Å². The number of anilines is 3. The van der Waals surface area contributed by atoms with Crippen LogP contribution in [0.5, 0.6) is 0 Å². The maximum Gasteiger partial charge on any atom is 0.189 e. The second-order valence-corrected chi connectivity index (χ2v) is 5.96. The van der Waals surface area contributed by atoms with Gasteiger partial charge in [0, 0.05) is 11.3 Å². The quantitative estimate of drug-likeness (QED) is 0.714. The summed E-state index contributed by atoms with van der Waals surface area (Å²) in [5, 5.41) is 5.80. The van der Waals surface area contributed by atoms with Crippen molar-refractivity contribution in [2.75, 3.05) is 11.1 Å². The molecule has 2 heterocycles. The topological polar surface area (TPSA) is 68.0 Å². The summed E-state index contributed by atoms with van der Waals surface area (Å²) in [5.41, 5.74) is 7.56. The third-order valence-corrected chi connectivity index (χ3v) is 4.79. The van der Waals surface area contributed by atoms with E-state index >= 15 is 0 Å². The number of nitrogen functional groups attached to an aromatic ring is 1. The number of carbonyl (C=O) groups is 1. The van der Waals surface area contributed by atoms with E-state index in [1.54, 1.807) is 6.07 Å². The molecule has 3 N–H and O–H groups in total. The SMILES string of the molecule is Nc1nc(Nc2ccccc2)sc1-c1sccc1C=O. The lowest BCUT2D eigenvalue weighted by Gasteiger charge is -2.00. The number of thiazole rings is 1. The third kappa shape index (κ3) is 2.43. The summed E-state index contributed by atoms with van der Waals surface area (Å²) in [6, 6.07) is 11.6. The summed E-state index contributed by atoms with van der Waals surface area (Å²) in [7, 11) is 0. The standard InChI is InChI=1S/C14H11N3OS2/c15-13-12(11-9(8-18)6-7-19-11)20-14(17-13)16-10-4-2-1-3-5-10/h1-8H,15H2,(H,16,17). The van der Waals surface area contributed by atoms with Gasteiger partial charge in [-0.2, -0.15) is 0 Å². The van der Waals surface area contributed by atoms with E-state index in [1.165, 1.54) is 22.7 Å². The highest BCUT2D eigenvalue weighted by molar-refractivity contribution is 7.24. The molecule has 0 fully saturated rings. The fourth-order valence-corrected chi connectivity index (χ4v) is 3.74. The Labute approximate surface area is 123 Å². The van der Waals surface area contributed by atoms with Crippen molar-refractivity contribution >= 4 is 45.6 Å². The molecule has 0 aliphatic carbocycles. The first kappa shape index (κ1) is 12.8. The van der Waals surface area contributed by atoms with E-state index in [1.807, 2.05) is 35.7 Å². The zero-order valence-electron chi connectivity index (χ0n) is 10.4. The Morgan fingerprint density at radius 1 is 1.15 bits per heavy atom. The molecule has 20 heavy (non-hydrogen) atoms. The van der Waals surface area contributed by atoms with Gasteiger partial charge in [0.1, 0.15) is 5.82 Å². The monoisotopic (exact) mass is 301 g/mol. The molecule has 1 aromatic carbocycles. The van der Waals surface area contributed by atoms with Crippen LogP contribution in [0.1, 0.15) is 10.4 Å². The number of carbonyl (C=O) groups excluding carboxylic acids is 1. The number of nitrogens with zero attached hydrogens (tertiary/aromatic N) is 1. The van der Waals surface area contributed by atoms with Gasteiger partial charge in [0.15, 0.2) is 11.4 Å². The smallest absolute Gasteiger partial charge is 0.189 e. The molecule has 0 bridgehead atoms. The van der Waals surface area contributed by atoms with Crippen LogP contribution in [-0.4, -0.2) is 11.3 Å². The zero-order chi connectivity index (χ0) is 13.9. The summed E-state index contributed by atoms with van der Waals surface area (Å²) in [6.45, 7) is 0. The van der Waals surface area contributed by atoms with E-state index in [0.717, 1.165) is 21.7 Å². The first-order valence-electron chi connectivity index (χ1n) is 5.89. The molecule has 0 unspecified atom stereocenters. The molecule has 0 saturated carbocycles.